The molecule has 0 aliphatic heterocycles. The average molecular weight is 443 g/mol. The molecule has 8 heteroatoms. The summed E-state index contributed by atoms with van der Waals surface area (Å²) in [5.74, 6) is -1.14. The van der Waals surface area contributed by atoms with Gasteiger partial charge in [-0.1, -0.05) is 48.5 Å². The lowest BCUT2D eigenvalue weighted by atomic mass is 9.98. The summed E-state index contributed by atoms with van der Waals surface area (Å²) >= 11 is 1.53. The Hall–Kier alpha value is -3.00. The van der Waals surface area contributed by atoms with Gasteiger partial charge < -0.3 is 20.5 Å². The summed E-state index contributed by atoms with van der Waals surface area (Å²) in [5.41, 5.74) is 4.46. The molecule has 0 saturated carbocycles. The second-order valence-corrected chi connectivity index (χ2v) is 8.36. The van der Waals surface area contributed by atoms with Crippen molar-refractivity contribution in [3.05, 3.63) is 59.7 Å². The first-order valence-electron chi connectivity index (χ1n) is 10.1. The van der Waals surface area contributed by atoms with Crippen molar-refractivity contribution in [2.75, 3.05) is 18.6 Å². The van der Waals surface area contributed by atoms with Crippen LogP contribution in [0.1, 0.15) is 30.4 Å². The molecule has 3 N–H and O–H groups in total. The Morgan fingerprint density at radius 2 is 1.61 bits per heavy atom. The van der Waals surface area contributed by atoms with Crippen LogP contribution in [0.4, 0.5) is 4.79 Å². The first kappa shape index (κ1) is 22.7. The molecule has 2 amide bonds. The smallest absolute Gasteiger partial charge is 0.407 e. The van der Waals surface area contributed by atoms with E-state index in [2.05, 4.69) is 22.8 Å². The molecule has 7 nitrogen and oxygen atoms in total. The number of rotatable bonds is 9. The second kappa shape index (κ2) is 10.3. The van der Waals surface area contributed by atoms with Crippen molar-refractivity contribution in [1.82, 2.24) is 10.6 Å². The van der Waals surface area contributed by atoms with E-state index in [9.17, 15) is 14.4 Å². The minimum absolute atomic E-state index is 0.0799. The summed E-state index contributed by atoms with van der Waals surface area (Å²) in [6.07, 6.45) is 1.55. The molecular formula is C23H26N2O5S. The first-order chi connectivity index (χ1) is 14.9. The van der Waals surface area contributed by atoms with Crippen LogP contribution < -0.4 is 10.6 Å². The summed E-state index contributed by atoms with van der Waals surface area (Å²) < 4.78 is 5.50. The number of fused-ring (bicyclic) bond motifs is 3. The molecule has 0 bridgehead atoms. The summed E-state index contributed by atoms with van der Waals surface area (Å²) in [6.45, 7) is 1.52. The third kappa shape index (κ3) is 5.38. The molecule has 0 aromatic heterocycles. The number of carbonyl (C=O) groups is 3. The van der Waals surface area contributed by atoms with Crippen LogP contribution in [0.15, 0.2) is 48.5 Å². The maximum absolute atomic E-state index is 12.5. The van der Waals surface area contributed by atoms with E-state index in [4.69, 9.17) is 9.84 Å². The molecule has 1 aliphatic carbocycles. The van der Waals surface area contributed by atoms with Crippen molar-refractivity contribution in [2.45, 2.75) is 31.3 Å². The van der Waals surface area contributed by atoms with Gasteiger partial charge in [0.1, 0.15) is 18.7 Å². The fourth-order valence-corrected chi connectivity index (χ4v) is 4.13. The zero-order chi connectivity index (χ0) is 22.4. The number of amides is 2. The van der Waals surface area contributed by atoms with Crippen molar-refractivity contribution in [2.24, 2.45) is 0 Å². The van der Waals surface area contributed by atoms with E-state index in [1.165, 1.54) is 18.7 Å². The van der Waals surface area contributed by atoms with Crippen LogP contribution in [-0.4, -0.2) is 53.8 Å². The van der Waals surface area contributed by atoms with Crippen molar-refractivity contribution >= 4 is 29.7 Å². The maximum Gasteiger partial charge on any atom is 0.407 e. The summed E-state index contributed by atoms with van der Waals surface area (Å²) in [5, 5.41) is 14.0. The van der Waals surface area contributed by atoms with Crippen LogP contribution >= 0.6 is 11.8 Å². The third-order valence-corrected chi connectivity index (χ3v) is 5.94. The van der Waals surface area contributed by atoms with Crippen molar-refractivity contribution in [3.63, 3.8) is 0 Å². The van der Waals surface area contributed by atoms with Gasteiger partial charge in [0.05, 0.1) is 0 Å². The van der Waals surface area contributed by atoms with Gasteiger partial charge in [-0.25, -0.2) is 4.79 Å². The van der Waals surface area contributed by atoms with E-state index in [-0.39, 0.29) is 12.5 Å². The number of hydrogen-bond acceptors (Lipinski definition) is 5. The molecule has 0 heterocycles. The van der Waals surface area contributed by atoms with Gasteiger partial charge >= 0.3 is 12.1 Å². The molecule has 0 spiro atoms. The standard InChI is InChI=1S/C23H26N2O5S/c1-14(22(27)28)24-21(26)20(11-12-31-2)25-23(29)30-13-19-17-9-5-3-7-15(17)16-8-4-6-10-18(16)19/h3-10,14,19-20H,11-13H2,1-2H3,(H,24,26)(H,25,29)(H,27,28)/t14-,20+/m0/s1. The van der Waals surface area contributed by atoms with Crippen LogP contribution in [0.5, 0.6) is 0 Å². The van der Waals surface area contributed by atoms with Gasteiger partial charge in [-0.3, -0.25) is 9.59 Å². The topological polar surface area (TPSA) is 105 Å². The minimum atomic E-state index is -1.14. The highest BCUT2D eigenvalue weighted by molar-refractivity contribution is 7.98. The lowest BCUT2D eigenvalue weighted by molar-refractivity contribution is -0.141. The van der Waals surface area contributed by atoms with Gasteiger partial charge in [-0.15, -0.1) is 0 Å². The molecule has 2 aromatic rings. The van der Waals surface area contributed by atoms with Gasteiger partial charge in [0.25, 0.3) is 0 Å². The van der Waals surface area contributed by atoms with Crippen LogP contribution in [0, 0.1) is 0 Å². The molecule has 31 heavy (non-hydrogen) atoms. The van der Waals surface area contributed by atoms with Gasteiger partial charge in [0, 0.05) is 5.92 Å². The van der Waals surface area contributed by atoms with Gasteiger partial charge in [-0.2, -0.15) is 11.8 Å². The number of hydrogen-bond donors (Lipinski definition) is 3. The molecule has 0 radical (unpaired) electrons. The Morgan fingerprint density at radius 3 is 2.16 bits per heavy atom. The van der Waals surface area contributed by atoms with Gasteiger partial charge in [0.2, 0.25) is 5.91 Å². The predicted octanol–water partition coefficient (Wildman–Crippen LogP) is 3.24. The summed E-state index contributed by atoms with van der Waals surface area (Å²) in [7, 11) is 0. The Morgan fingerprint density at radius 1 is 1.03 bits per heavy atom. The number of carboxylic acid groups (broad SMARTS) is 1. The molecule has 0 fully saturated rings. The monoisotopic (exact) mass is 442 g/mol. The Kier molecular flexibility index (Phi) is 7.57. The molecule has 2 atom stereocenters. The van der Waals surface area contributed by atoms with Crippen LogP contribution in [-0.2, 0) is 14.3 Å². The van der Waals surface area contributed by atoms with Crippen LogP contribution in [0.3, 0.4) is 0 Å². The number of alkyl carbamates (subject to hydrolysis) is 1. The summed E-state index contributed by atoms with van der Waals surface area (Å²) in [4.78, 5) is 35.9. The molecule has 0 unspecified atom stereocenters. The number of thioether (sulfide) groups is 1. The van der Waals surface area contributed by atoms with Crippen LogP contribution in [0.25, 0.3) is 11.1 Å². The minimum Gasteiger partial charge on any atom is -0.480 e. The number of carboxylic acids is 1. The second-order valence-electron chi connectivity index (χ2n) is 7.37. The number of aliphatic carboxylic acids is 1. The fourth-order valence-electron chi connectivity index (χ4n) is 3.66. The van der Waals surface area contributed by atoms with Crippen molar-refractivity contribution in [1.29, 1.82) is 0 Å². The highest BCUT2D eigenvalue weighted by atomic mass is 32.2. The highest BCUT2D eigenvalue weighted by Crippen LogP contribution is 2.44. The quantitative estimate of drug-likeness (QED) is 0.551. The Balaban J connectivity index is 1.65. The molecule has 2 aromatic carbocycles. The van der Waals surface area contributed by atoms with Gasteiger partial charge in [-0.05, 0) is 47.6 Å². The van der Waals surface area contributed by atoms with E-state index in [0.29, 0.717) is 12.2 Å². The average Bonchev–Trinajstić information content (AvgIpc) is 3.08. The largest absolute Gasteiger partial charge is 0.480 e. The number of benzene rings is 2. The highest BCUT2D eigenvalue weighted by Gasteiger charge is 2.30. The molecule has 1 aliphatic rings. The Bertz CT molecular complexity index is 919. The molecule has 164 valence electrons. The fraction of sp³-hybridized carbons (Fsp3) is 0.348. The van der Waals surface area contributed by atoms with Crippen LogP contribution in [0.2, 0.25) is 0 Å². The van der Waals surface area contributed by atoms with E-state index in [1.54, 1.807) is 0 Å². The molecular weight excluding hydrogens is 416 g/mol. The Labute approximate surface area is 185 Å². The maximum atomic E-state index is 12.5. The normalized spacial score (nSPS) is 14.1. The summed E-state index contributed by atoms with van der Waals surface area (Å²) in [6, 6.07) is 14.2. The van der Waals surface area contributed by atoms with Crippen molar-refractivity contribution in [3.8, 4) is 11.1 Å². The zero-order valence-electron chi connectivity index (χ0n) is 17.5. The molecule has 0 saturated heterocycles. The SMILES string of the molecule is CSCC[C@@H](NC(=O)OCC1c2ccccc2-c2ccccc21)C(=O)N[C@@H](C)C(=O)O. The molecule has 3 rings (SSSR count). The number of carbonyl (C=O) groups excluding carboxylic acids is 2. The first-order valence-corrected chi connectivity index (χ1v) is 11.5. The van der Waals surface area contributed by atoms with E-state index in [1.807, 2.05) is 42.7 Å². The van der Waals surface area contributed by atoms with E-state index >= 15 is 0 Å². The zero-order valence-corrected chi connectivity index (χ0v) is 18.3. The lowest BCUT2D eigenvalue weighted by Gasteiger charge is -2.20. The van der Waals surface area contributed by atoms with Crippen molar-refractivity contribution < 1.29 is 24.2 Å². The number of nitrogens with one attached hydrogen (secondary N) is 2. The lowest BCUT2D eigenvalue weighted by Crippen LogP contribution is -2.51. The van der Waals surface area contributed by atoms with E-state index < -0.39 is 30.1 Å². The third-order valence-electron chi connectivity index (χ3n) is 5.29. The predicted molar refractivity (Wildman–Crippen MR) is 120 cm³/mol. The number of ether oxygens (including phenoxy) is 1. The van der Waals surface area contributed by atoms with Gasteiger partial charge in [0.15, 0.2) is 0 Å². The van der Waals surface area contributed by atoms with E-state index in [0.717, 1.165) is 22.3 Å².